The zero-order valence-electron chi connectivity index (χ0n) is 21.0. The van der Waals surface area contributed by atoms with Gasteiger partial charge in [0.1, 0.15) is 71.0 Å². The smallest absolute Gasteiger partial charge is 0.229 e. The van der Waals surface area contributed by atoms with E-state index in [9.17, 15) is 50.8 Å². The van der Waals surface area contributed by atoms with Gasteiger partial charge in [-0.15, -0.1) is 0 Å². The number of aliphatic hydroxyl groups excluding tert-OH is 7. The Labute approximate surface area is 230 Å². The van der Waals surface area contributed by atoms with Crippen LogP contribution in [-0.2, 0) is 9.47 Å². The van der Waals surface area contributed by atoms with Crippen molar-refractivity contribution in [2.45, 2.75) is 55.3 Å². The summed E-state index contributed by atoms with van der Waals surface area (Å²) >= 11 is 0. The van der Waals surface area contributed by atoms with Gasteiger partial charge in [0.2, 0.25) is 12.6 Å². The van der Waals surface area contributed by atoms with Crippen molar-refractivity contribution in [3.8, 4) is 34.3 Å². The summed E-state index contributed by atoms with van der Waals surface area (Å²) in [5.41, 5.74) is -0.624. The standard InChI is InChI=1S/C26H28O15/c27-7-18-21(33)22(34)24(36)26(41-18)40-17-5-10(38-25-23(35)20(32)14(31)8-37-25)4-16-19(17)13(30)6-15(39-16)9-1-2-11(28)12(29)3-9/h1-6,14,18,20-29,31-36H,7-8H2/t14-,18-,20+,21+,22+,23-,24-,25+,26-/m1/s1. The maximum Gasteiger partial charge on any atom is 0.229 e. The first-order valence-electron chi connectivity index (χ1n) is 12.4. The fourth-order valence-corrected chi connectivity index (χ4v) is 4.52. The third kappa shape index (κ3) is 5.54. The first-order chi connectivity index (χ1) is 19.5. The Balaban J connectivity index is 1.58. The largest absolute Gasteiger partial charge is 0.504 e. The van der Waals surface area contributed by atoms with E-state index in [1.54, 1.807) is 0 Å². The van der Waals surface area contributed by atoms with Crippen LogP contribution >= 0.6 is 0 Å². The van der Waals surface area contributed by atoms with Gasteiger partial charge in [0.15, 0.2) is 16.9 Å². The normalized spacial score (nSPS) is 32.1. The fraction of sp³-hybridized carbons (Fsp3) is 0.423. The van der Waals surface area contributed by atoms with Gasteiger partial charge in [-0.2, -0.15) is 0 Å². The number of phenols is 2. The molecular formula is C26H28O15. The highest BCUT2D eigenvalue weighted by Gasteiger charge is 2.45. The number of fused-ring (bicyclic) bond motifs is 1. The highest BCUT2D eigenvalue weighted by Crippen LogP contribution is 2.36. The molecule has 9 N–H and O–H groups in total. The summed E-state index contributed by atoms with van der Waals surface area (Å²) in [6, 6.07) is 7.17. The Bertz CT molecular complexity index is 1450. The number of aromatic hydroxyl groups is 2. The van der Waals surface area contributed by atoms with Crippen LogP contribution in [0, 0.1) is 0 Å². The first kappa shape index (κ1) is 29.0. The lowest BCUT2D eigenvalue weighted by Crippen LogP contribution is -2.60. The van der Waals surface area contributed by atoms with Crippen molar-refractivity contribution in [3.05, 3.63) is 46.6 Å². The quantitative estimate of drug-likeness (QED) is 0.141. The molecule has 15 heteroatoms. The molecule has 1 aromatic heterocycles. The maximum absolute atomic E-state index is 13.3. The summed E-state index contributed by atoms with van der Waals surface area (Å²) in [7, 11) is 0. The molecule has 0 unspecified atom stereocenters. The molecular weight excluding hydrogens is 552 g/mol. The zero-order chi connectivity index (χ0) is 29.6. The zero-order valence-corrected chi connectivity index (χ0v) is 21.0. The minimum Gasteiger partial charge on any atom is -0.504 e. The molecule has 3 heterocycles. The second-order valence-corrected chi connectivity index (χ2v) is 9.66. The topological polar surface area (TPSA) is 249 Å². The van der Waals surface area contributed by atoms with Gasteiger partial charge in [-0.1, -0.05) is 0 Å². The van der Waals surface area contributed by atoms with Crippen molar-refractivity contribution in [1.82, 2.24) is 0 Å². The minimum atomic E-state index is -1.82. The number of benzene rings is 2. The predicted molar refractivity (Wildman–Crippen MR) is 134 cm³/mol. The molecule has 15 nitrogen and oxygen atoms in total. The molecule has 0 saturated carbocycles. The number of ether oxygens (including phenoxy) is 4. The van der Waals surface area contributed by atoms with Crippen molar-refractivity contribution >= 4 is 11.0 Å². The van der Waals surface area contributed by atoms with E-state index in [4.69, 9.17) is 23.4 Å². The molecule has 9 atom stereocenters. The summed E-state index contributed by atoms with van der Waals surface area (Å²) in [6.07, 6.45) is -14.4. The van der Waals surface area contributed by atoms with Gasteiger partial charge in [-0.25, -0.2) is 0 Å². The van der Waals surface area contributed by atoms with Crippen LogP contribution in [0.15, 0.2) is 45.6 Å². The third-order valence-electron chi connectivity index (χ3n) is 6.83. The Kier molecular flexibility index (Phi) is 8.06. The minimum absolute atomic E-state index is 0.0405. The first-order valence-corrected chi connectivity index (χ1v) is 12.4. The van der Waals surface area contributed by atoms with Gasteiger partial charge in [0.05, 0.1) is 13.2 Å². The predicted octanol–water partition coefficient (Wildman–Crippen LogP) is -2.13. The van der Waals surface area contributed by atoms with Crippen molar-refractivity contribution < 1.29 is 69.3 Å². The molecule has 2 aromatic carbocycles. The highest BCUT2D eigenvalue weighted by atomic mass is 16.7. The van der Waals surface area contributed by atoms with Gasteiger partial charge in [-0.05, 0) is 18.2 Å². The Morgan fingerprint density at radius 3 is 2.24 bits per heavy atom. The average molecular weight is 580 g/mol. The number of hydrogen-bond donors (Lipinski definition) is 9. The molecule has 2 fully saturated rings. The highest BCUT2D eigenvalue weighted by molar-refractivity contribution is 5.86. The Morgan fingerprint density at radius 2 is 1.54 bits per heavy atom. The molecule has 5 rings (SSSR count). The third-order valence-corrected chi connectivity index (χ3v) is 6.83. The van der Waals surface area contributed by atoms with Crippen LogP contribution in [0.25, 0.3) is 22.3 Å². The van der Waals surface area contributed by atoms with Gasteiger partial charge < -0.3 is 69.3 Å². The Morgan fingerprint density at radius 1 is 0.805 bits per heavy atom. The Hall–Kier alpha value is -3.51. The van der Waals surface area contributed by atoms with E-state index in [2.05, 4.69) is 0 Å². The molecule has 2 saturated heterocycles. The number of rotatable bonds is 6. The van der Waals surface area contributed by atoms with E-state index in [1.807, 2.05) is 0 Å². The number of aliphatic hydroxyl groups is 7. The van der Waals surface area contributed by atoms with Crippen LogP contribution in [-0.4, -0.2) is 114 Å². The second kappa shape index (κ2) is 11.4. The van der Waals surface area contributed by atoms with Crippen LogP contribution in [0.5, 0.6) is 23.0 Å². The average Bonchev–Trinajstić information content (AvgIpc) is 2.94. The molecule has 2 aliphatic heterocycles. The SMILES string of the molecule is O=c1cc(-c2ccc(O)c(O)c2)oc2cc(O[C@@H]3OC[C@@H](O)[C@H](O)[C@H]3O)cc(O[C@@H]3O[C@H](CO)[C@H](O)[C@H](O)[C@H]3O)c12. The van der Waals surface area contributed by atoms with Crippen LogP contribution in [0.1, 0.15) is 0 Å². The van der Waals surface area contributed by atoms with E-state index < -0.39 is 78.8 Å². The summed E-state index contributed by atoms with van der Waals surface area (Å²) in [4.78, 5) is 13.3. The lowest BCUT2D eigenvalue weighted by Gasteiger charge is -2.39. The molecule has 0 radical (unpaired) electrons. The molecule has 41 heavy (non-hydrogen) atoms. The van der Waals surface area contributed by atoms with Gasteiger partial charge in [0.25, 0.3) is 0 Å². The molecule has 2 aliphatic rings. The van der Waals surface area contributed by atoms with Crippen molar-refractivity contribution in [3.63, 3.8) is 0 Å². The van der Waals surface area contributed by atoms with Gasteiger partial charge in [0, 0.05) is 23.8 Å². The fourth-order valence-electron chi connectivity index (χ4n) is 4.52. The molecule has 0 bridgehead atoms. The van der Waals surface area contributed by atoms with E-state index in [0.29, 0.717) is 0 Å². The maximum atomic E-state index is 13.3. The van der Waals surface area contributed by atoms with E-state index >= 15 is 0 Å². The van der Waals surface area contributed by atoms with E-state index in [-0.39, 0.29) is 40.4 Å². The van der Waals surface area contributed by atoms with Gasteiger partial charge >= 0.3 is 0 Å². The number of phenolic OH excluding ortho intramolecular Hbond substituents is 2. The van der Waals surface area contributed by atoms with Crippen LogP contribution in [0.2, 0.25) is 0 Å². The van der Waals surface area contributed by atoms with Crippen LogP contribution in [0.4, 0.5) is 0 Å². The summed E-state index contributed by atoms with van der Waals surface area (Å²) < 4.78 is 27.9. The lowest BCUT2D eigenvalue weighted by molar-refractivity contribution is -0.277. The molecule has 0 spiro atoms. The van der Waals surface area contributed by atoms with Crippen molar-refractivity contribution in [2.24, 2.45) is 0 Å². The molecule has 222 valence electrons. The molecule has 3 aromatic rings. The van der Waals surface area contributed by atoms with E-state index in [1.165, 1.54) is 18.2 Å². The van der Waals surface area contributed by atoms with E-state index in [0.717, 1.165) is 18.2 Å². The number of hydrogen-bond acceptors (Lipinski definition) is 15. The van der Waals surface area contributed by atoms with Crippen molar-refractivity contribution in [1.29, 1.82) is 0 Å². The monoisotopic (exact) mass is 580 g/mol. The lowest BCUT2D eigenvalue weighted by atomic mass is 9.99. The van der Waals surface area contributed by atoms with Crippen LogP contribution in [0.3, 0.4) is 0 Å². The molecule has 0 amide bonds. The summed E-state index contributed by atoms with van der Waals surface area (Å²) in [5, 5.41) is 89.6. The summed E-state index contributed by atoms with van der Waals surface area (Å²) in [5.74, 6) is -1.36. The van der Waals surface area contributed by atoms with Gasteiger partial charge in [-0.3, -0.25) is 4.79 Å². The summed E-state index contributed by atoms with van der Waals surface area (Å²) in [6.45, 7) is -1.10. The van der Waals surface area contributed by atoms with Crippen LogP contribution < -0.4 is 14.9 Å². The molecule has 0 aliphatic carbocycles. The van der Waals surface area contributed by atoms with Crippen molar-refractivity contribution in [2.75, 3.05) is 13.2 Å². The second-order valence-electron chi connectivity index (χ2n) is 9.66.